The molecule has 0 fully saturated rings. The minimum Gasteiger partial charge on any atom is -0.354 e. The van der Waals surface area contributed by atoms with E-state index in [2.05, 4.69) is 5.32 Å². The molecule has 1 atom stereocenters. The second-order valence-electron chi connectivity index (χ2n) is 9.68. The molecule has 10 heteroatoms. The molecule has 0 aliphatic rings. The van der Waals surface area contributed by atoms with Crippen LogP contribution < -0.4 is 9.62 Å². The highest BCUT2D eigenvalue weighted by Crippen LogP contribution is 2.28. The van der Waals surface area contributed by atoms with Crippen molar-refractivity contribution in [2.45, 2.75) is 45.2 Å². The fourth-order valence-corrected chi connectivity index (χ4v) is 5.54. The quantitative estimate of drug-likeness (QED) is 0.343. The zero-order chi connectivity index (χ0) is 28.7. The lowest BCUT2D eigenvalue weighted by Gasteiger charge is -2.32. The number of carbonyl (C=O) groups is 2. The number of nitrogens with zero attached hydrogens (tertiary/aromatic N) is 2. The first kappa shape index (κ1) is 30.1. The molecule has 3 aromatic rings. The summed E-state index contributed by atoms with van der Waals surface area (Å²) in [4.78, 5) is 28.0. The van der Waals surface area contributed by atoms with Gasteiger partial charge in [-0.1, -0.05) is 61.8 Å². The molecule has 3 aromatic carbocycles. The Morgan fingerprint density at radius 1 is 0.949 bits per heavy atom. The van der Waals surface area contributed by atoms with Crippen LogP contribution in [0.3, 0.4) is 0 Å². The van der Waals surface area contributed by atoms with Gasteiger partial charge in [-0.25, -0.2) is 12.8 Å². The highest BCUT2D eigenvalue weighted by atomic mass is 35.5. The molecular formula is C29H33ClFN3O4S. The first-order valence-electron chi connectivity index (χ1n) is 12.6. The molecule has 2 amide bonds. The third kappa shape index (κ3) is 7.58. The van der Waals surface area contributed by atoms with Crippen LogP contribution in [0, 0.1) is 18.7 Å². The van der Waals surface area contributed by atoms with Crippen LogP contribution in [0.4, 0.5) is 10.1 Å². The van der Waals surface area contributed by atoms with E-state index in [0.29, 0.717) is 22.8 Å². The number of hydrogen-bond acceptors (Lipinski definition) is 4. The Bertz CT molecular complexity index is 1410. The molecule has 0 heterocycles. The number of aryl methyl sites for hydroxylation is 1. The summed E-state index contributed by atoms with van der Waals surface area (Å²) in [6, 6.07) is 17.4. The summed E-state index contributed by atoms with van der Waals surface area (Å²) in [5, 5.41) is 3.17. The number of hydrogen-bond donors (Lipinski definition) is 1. The molecule has 39 heavy (non-hydrogen) atoms. The summed E-state index contributed by atoms with van der Waals surface area (Å²) >= 11 is 5.97. The van der Waals surface area contributed by atoms with Crippen LogP contribution in [-0.4, -0.2) is 44.3 Å². The van der Waals surface area contributed by atoms with Gasteiger partial charge in [0.1, 0.15) is 18.4 Å². The Kier molecular flexibility index (Phi) is 10.1. The Morgan fingerprint density at radius 3 is 2.18 bits per heavy atom. The Hall–Kier alpha value is -3.43. The first-order valence-corrected chi connectivity index (χ1v) is 14.4. The van der Waals surface area contributed by atoms with Crippen molar-refractivity contribution in [3.63, 3.8) is 0 Å². The van der Waals surface area contributed by atoms with Crippen LogP contribution in [0.5, 0.6) is 0 Å². The van der Waals surface area contributed by atoms with Crippen LogP contribution >= 0.6 is 11.6 Å². The minimum absolute atomic E-state index is 0.0497. The molecule has 0 aliphatic carbocycles. The van der Waals surface area contributed by atoms with Gasteiger partial charge < -0.3 is 10.2 Å². The molecule has 0 saturated heterocycles. The fraction of sp³-hybridized carbons (Fsp3) is 0.310. The maximum atomic E-state index is 14.6. The zero-order valence-corrected chi connectivity index (χ0v) is 24.0. The van der Waals surface area contributed by atoms with Crippen LogP contribution in [0.2, 0.25) is 5.02 Å². The standard InChI is InChI=1S/C29H33ClFN3O4S/c1-20(2)17-32-29(36)22(4)33(18-23-10-6-7-11-26(23)31)28(35)19-34(27-12-8-5-9-21(27)3)39(37,38)25-15-13-24(30)14-16-25/h5-16,20,22H,17-19H2,1-4H3,(H,32,36)/t22-/m0/s1. The summed E-state index contributed by atoms with van der Waals surface area (Å²) < 4.78 is 43.3. The molecule has 0 radical (unpaired) electrons. The van der Waals surface area contributed by atoms with E-state index in [9.17, 15) is 22.4 Å². The Labute approximate surface area is 234 Å². The van der Waals surface area contributed by atoms with E-state index in [0.717, 1.165) is 4.31 Å². The number of carbonyl (C=O) groups excluding carboxylic acids is 2. The van der Waals surface area contributed by atoms with Crippen LogP contribution in [0.25, 0.3) is 0 Å². The lowest BCUT2D eigenvalue weighted by Crippen LogP contribution is -2.51. The van der Waals surface area contributed by atoms with E-state index < -0.39 is 40.2 Å². The predicted octanol–water partition coefficient (Wildman–Crippen LogP) is 5.17. The lowest BCUT2D eigenvalue weighted by molar-refractivity contribution is -0.139. The molecule has 7 nitrogen and oxygen atoms in total. The SMILES string of the molecule is Cc1ccccc1N(CC(=O)N(Cc1ccccc1F)[C@@H](C)C(=O)NCC(C)C)S(=O)(=O)c1ccc(Cl)cc1. The second-order valence-corrected chi connectivity index (χ2v) is 12.0. The van der Waals surface area contributed by atoms with E-state index in [1.54, 1.807) is 44.2 Å². The van der Waals surface area contributed by atoms with Crippen molar-refractivity contribution in [3.05, 3.63) is 94.8 Å². The van der Waals surface area contributed by atoms with Gasteiger partial charge in [-0.15, -0.1) is 0 Å². The number of para-hydroxylation sites is 1. The van der Waals surface area contributed by atoms with Gasteiger partial charge in [0, 0.05) is 23.7 Å². The Morgan fingerprint density at radius 2 is 1.56 bits per heavy atom. The number of rotatable bonds is 11. The molecule has 208 valence electrons. The maximum absolute atomic E-state index is 14.6. The average molecular weight is 574 g/mol. The number of sulfonamides is 1. The number of anilines is 1. The minimum atomic E-state index is -4.22. The van der Waals surface area contributed by atoms with Crippen molar-refractivity contribution in [1.82, 2.24) is 10.2 Å². The average Bonchev–Trinajstić information content (AvgIpc) is 2.90. The van der Waals surface area contributed by atoms with E-state index in [1.165, 1.54) is 47.4 Å². The zero-order valence-electron chi connectivity index (χ0n) is 22.4. The predicted molar refractivity (Wildman–Crippen MR) is 151 cm³/mol. The molecule has 0 spiro atoms. The van der Waals surface area contributed by atoms with Gasteiger partial charge in [-0.05, 0) is 61.7 Å². The van der Waals surface area contributed by atoms with Gasteiger partial charge in [0.25, 0.3) is 10.0 Å². The highest BCUT2D eigenvalue weighted by Gasteiger charge is 2.33. The largest absolute Gasteiger partial charge is 0.354 e. The van der Waals surface area contributed by atoms with Gasteiger partial charge >= 0.3 is 0 Å². The third-order valence-corrected chi connectivity index (χ3v) is 8.24. The summed E-state index contributed by atoms with van der Waals surface area (Å²) in [6.45, 7) is 6.73. The lowest BCUT2D eigenvalue weighted by atomic mass is 10.1. The summed E-state index contributed by atoms with van der Waals surface area (Å²) in [6.07, 6.45) is 0. The van der Waals surface area contributed by atoms with Gasteiger partial charge in [0.2, 0.25) is 11.8 Å². The number of amides is 2. The maximum Gasteiger partial charge on any atom is 0.264 e. The van der Waals surface area contributed by atoms with Crippen LogP contribution in [-0.2, 0) is 26.2 Å². The molecule has 0 saturated carbocycles. The van der Waals surface area contributed by atoms with E-state index in [4.69, 9.17) is 11.6 Å². The molecule has 0 unspecified atom stereocenters. The van der Waals surface area contributed by atoms with E-state index in [1.807, 2.05) is 13.8 Å². The van der Waals surface area contributed by atoms with Crippen molar-refractivity contribution >= 4 is 39.1 Å². The molecule has 0 aliphatic heterocycles. The molecule has 0 bridgehead atoms. The molecular weight excluding hydrogens is 541 g/mol. The fourth-order valence-electron chi connectivity index (χ4n) is 3.94. The number of nitrogens with one attached hydrogen (secondary N) is 1. The monoisotopic (exact) mass is 573 g/mol. The van der Waals surface area contributed by atoms with Crippen molar-refractivity contribution in [3.8, 4) is 0 Å². The van der Waals surface area contributed by atoms with Crippen LogP contribution in [0.15, 0.2) is 77.7 Å². The summed E-state index contributed by atoms with van der Waals surface area (Å²) in [7, 11) is -4.22. The highest BCUT2D eigenvalue weighted by molar-refractivity contribution is 7.92. The molecule has 3 rings (SSSR count). The van der Waals surface area contributed by atoms with Crippen molar-refractivity contribution in [1.29, 1.82) is 0 Å². The van der Waals surface area contributed by atoms with Gasteiger partial charge in [-0.2, -0.15) is 0 Å². The van der Waals surface area contributed by atoms with Gasteiger partial charge in [0.15, 0.2) is 0 Å². The van der Waals surface area contributed by atoms with E-state index in [-0.39, 0.29) is 22.9 Å². The van der Waals surface area contributed by atoms with E-state index >= 15 is 0 Å². The van der Waals surface area contributed by atoms with Gasteiger partial charge in [0.05, 0.1) is 10.6 Å². The number of halogens is 2. The summed E-state index contributed by atoms with van der Waals surface area (Å²) in [5.41, 5.74) is 1.15. The van der Waals surface area contributed by atoms with Crippen molar-refractivity contribution in [2.75, 3.05) is 17.4 Å². The second kappa shape index (κ2) is 13.1. The van der Waals surface area contributed by atoms with Gasteiger partial charge in [-0.3, -0.25) is 13.9 Å². The third-order valence-electron chi connectivity index (χ3n) is 6.22. The topological polar surface area (TPSA) is 86.8 Å². The first-order chi connectivity index (χ1) is 18.4. The smallest absolute Gasteiger partial charge is 0.264 e. The van der Waals surface area contributed by atoms with Crippen molar-refractivity contribution < 1.29 is 22.4 Å². The normalized spacial score (nSPS) is 12.2. The Balaban J connectivity index is 2.03. The van der Waals surface area contributed by atoms with Crippen LogP contribution in [0.1, 0.15) is 31.9 Å². The molecule has 0 aromatic heterocycles. The summed E-state index contributed by atoms with van der Waals surface area (Å²) in [5.74, 6) is -1.43. The molecule has 1 N–H and O–H groups in total. The number of benzene rings is 3. The van der Waals surface area contributed by atoms with Crippen molar-refractivity contribution in [2.24, 2.45) is 5.92 Å².